The summed E-state index contributed by atoms with van der Waals surface area (Å²) in [5, 5.41) is 1.73. The van der Waals surface area contributed by atoms with Gasteiger partial charge in [-0.25, -0.2) is 0 Å². The Hall–Kier alpha value is -0.273. The highest BCUT2D eigenvalue weighted by Gasteiger charge is 2.00. The van der Waals surface area contributed by atoms with Gasteiger partial charge in [0.05, 0.1) is 0 Å². The zero-order valence-corrected chi connectivity index (χ0v) is 9.73. The lowest BCUT2D eigenvalue weighted by Crippen LogP contribution is -2.12. The normalized spacial score (nSPS) is 13.3. The fraction of sp³-hybridized carbons (Fsp3) is 0.333. The average molecular weight is 185 g/mol. The number of hydrogen-bond donors (Lipinski definition) is 0. The Kier molecular flexibility index (Phi) is 3.15. The van der Waals surface area contributed by atoms with Crippen LogP contribution >= 0.6 is 11.6 Å². The van der Waals surface area contributed by atoms with Gasteiger partial charge in [0.1, 0.15) is 0 Å². The molecule has 2 heteroatoms. The molecule has 1 atom stereocenters. The van der Waals surface area contributed by atoms with Gasteiger partial charge in [-0.05, 0) is 18.9 Å². The molecule has 0 fully saturated rings. The van der Waals surface area contributed by atoms with E-state index in [1.54, 1.807) is 0 Å². The van der Waals surface area contributed by atoms with Crippen LogP contribution in [0.4, 0.5) is 0 Å². The summed E-state index contributed by atoms with van der Waals surface area (Å²) in [5.41, 5.74) is 1.42. The lowest BCUT2D eigenvalue weighted by Gasteiger charge is -2.05. The third kappa shape index (κ3) is 2.68. The SMILES string of the molecule is CC(Cl)Cc1ccccc1[SiH3]. The molecule has 0 nitrogen and oxygen atoms in total. The van der Waals surface area contributed by atoms with Crippen LogP contribution in [0.5, 0.6) is 0 Å². The molecule has 0 saturated heterocycles. The first-order valence-corrected chi connectivity index (χ1v) is 5.32. The topological polar surface area (TPSA) is 0 Å². The minimum Gasteiger partial charge on any atom is -0.123 e. The van der Waals surface area contributed by atoms with E-state index in [2.05, 4.69) is 24.3 Å². The molecule has 60 valence electrons. The molecular formula is C9H13ClSi. The Labute approximate surface area is 76.0 Å². The molecule has 1 rings (SSSR count). The van der Waals surface area contributed by atoms with Crippen molar-refractivity contribution in [1.82, 2.24) is 0 Å². The molecule has 1 aromatic carbocycles. The zero-order chi connectivity index (χ0) is 8.27. The molecule has 0 saturated carbocycles. The van der Waals surface area contributed by atoms with Gasteiger partial charge in [-0.15, -0.1) is 11.6 Å². The summed E-state index contributed by atoms with van der Waals surface area (Å²) >= 11 is 5.90. The third-order valence-corrected chi connectivity index (χ3v) is 2.89. The number of hydrogen-bond acceptors (Lipinski definition) is 0. The second kappa shape index (κ2) is 3.93. The first-order chi connectivity index (χ1) is 5.20. The number of rotatable bonds is 2. The zero-order valence-electron chi connectivity index (χ0n) is 6.97. The highest BCUT2D eigenvalue weighted by atomic mass is 35.5. The fourth-order valence-corrected chi connectivity index (χ4v) is 1.87. The Bertz CT molecular complexity index is 233. The van der Waals surface area contributed by atoms with Gasteiger partial charge in [-0.3, -0.25) is 0 Å². The molecule has 11 heavy (non-hydrogen) atoms. The third-order valence-electron chi connectivity index (χ3n) is 1.76. The van der Waals surface area contributed by atoms with Crippen LogP contribution < -0.4 is 5.19 Å². The van der Waals surface area contributed by atoms with Crippen molar-refractivity contribution >= 4 is 27.0 Å². The lowest BCUT2D eigenvalue weighted by molar-refractivity contribution is 0.937. The highest BCUT2D eigenvalue weighted by molar-refractivity contribution is 6.33. The smallest absolute Gasteiger partial charge is 0.0388 e. The lowest BCUT2D eigenvalue weighted by atomic mass is 10.1. The second-order valence-electron chi connectivity index (χ2n) is 2.91. The number of halogens is 1. The standard InChI is InChI=1S/C9H13ClSi/c1-7(10)6-8-4-2-3-5-9(8)11/h2-5,7H,6H2,1,11H3. The Balaban J connectivity index is 2.78. The quantitative estimate of drug-likeness (QED) is 0.473. The van der Waals surface area contributed by atoms with E-state index in [0.717, 1.165) is 16.7 Å². The molecule has 0 aliphatic rings. The molecule has 1 aromatic rings. The predicted molar refractivity (Wildman–Crippen MR) is 55.0 cm³/mol. The van der Waals surface area contributed by atoms with Crippen LogP contribution in [0.15, 0.2) is 24.3 Å². The molecular weight excluding hydrogens is 172 g/mol. The summed E-state index contributed by atoms with van der Waals surface area (Å²) in [4.78, 5) is 0. The minimum atomic E-state index is 0.255. The largest absolute Gasteiger partial charge is 0.123 e. The first kappa shape index (κ1) is 8.82. The molecule has 1 unspecified atom stereocenters. The van der Waals surface area contributed by atoms with Crippen LogP contribution in [-0.2, 0) is 6.42 Å². The van der Waals surface area contributed by atoms with Crippen LogP contribution in [0.2, 0.25) is 0 Å². The van der Waals surface area contributed by atoms with Crippen molar-refractivity contribution in [2.24, 2.45) is 0 Å². The summed E-state index contributed by atoms with van der Waals surface area (Å²) in [6.45, 7) is 2.04. The van der Waals surface area contributed by atoms with E-state index in [1.807, 2.05) is 6.92 Å². The van der Waals surface area contributed by atoms with Gasteiger partial charge in [0.2, 0.25) is 0 Å². The summed E-state index contributed by atoms with van der Waals surface area (Å²) in [6.07, 6.45) is 1.00. The van der Waals surface area contributed by atoms with Crippen LogP contribution in [-0.4, -0.2) is 15.6 Å². The Morgan fingerprint density at radius 2 is 2.09 bits per heavy atom. The molecule has 0 N–H and O–H groups in total. The van der Waals surface area contributed by atoms with E-state index >= 15 is 0 Å². The molecule has 0 aromatic heterocycles. The molecule has 0 amide bonds. The summed E-state index contributed by atoms with van der Waals surface area (Å²) < 4.78 is 0. The van der Waals surface area contributed by atoms with Crippen molar-refractivity contribution in [3.63, 3.8) is 0 Å². The van der Waals surface area contributed by atoms with E-state index in [-0.39, 0.29) is 5.38 Å². The van der Waals surface area contributed by atoms with Crippen molar-refractivity contribution in [2.45, 2.75) is 18.7 Å². The van der Waals surface area contributed by atoms with Gasteiger partial charge < -0.3 is 0 Å². The van der Waals surface area contributed by atoms with Crippen molar-refractivity contribution in [2.75, 3.05) is 0 Å². The van der Waals surface area contributed by atoms with Crippen molar-refractivity contribution in [3.05, 3.63) is 29.8 Å². The van der Waals surface area contributed by atoms with Crippen LogP contribution in [0, 0.1) is 0 Å². The fourth-order valence-electron chi connectivity index (χ4n) is 1.14. The van der Waals surface area contributed by atoms with Gasteiger partial charge in [-0.1, -0.05) is 29.5 Å². The number of benzene rings is 1. The molecule has 0 aliphatic heterocycles. The van der Waals surface area contributed by atoms with Crippen molar-refractivity contribution < 1.29 is 0 Å². The Morgan fingerprint density at radius 3 is 2.64 bits per heavy atom. The van der Waals surface area contributed by atoms with Gasteiger partial charge in [0.15, 0.2) is 0 Å². The van der Waals surface area contributed by atoms with Crippen LogP contribution in [0.3, 0.4) is 0 Å². The maximum atomic E-state index is 5.90. The molecule has 0 bridgehead atoms. The second-order valence-corrected chi connectivity index (χ2v) is 4.73. The van der Waals surface area contributed by atoms with E-state index in [4.69, 9.17) is 11.6 Å². The van der Waals surface area contributed by atoms with Gasteiger partial charge in [0, 0.05) is 15.6 Å². The molecule has 0 radical (unpaired) electrons. The Morgan fingerprint density at radius 1 is 1.45 bits per heavy atom. The van der Waals surface area contributed by atoms with Crippen LogP contribution in [0.25, 0.3) is 0 Å². The first-order valence-electron chi connectivity index (χ1n) is 3.88. The highest BCUT2D eigenvalue weighted by Crippen LogP contribution is 2.04. The minimum absolute atomic E-state index is 0.255. The summed E-state index contributed by atoms with van der Waals surface area (Å²) in [6, 6.07) is 8.52. The summed E-state index contributed by atoms with van der Waals surface area (Å²) in [7, 11) is 1.12. The van der Waals surface area contributed by atoms with E-state index < -0.39 is 0 Å². The summed E-state index contributed by atoms with van der Waals surface area (Å²) in [5.74, 6) is 0. The molecule has 0 spiro atoms. The maximum Gasteiger partial charge on any atom is 0.0388 e. The monoisotopic (exact) mass is 184 g/mol. The molecule has 0 aliphatic carbocycles. The maximum absolute atomic E-state index is 5.90. The van der Waals surface area contributed by atoms with E-state index in [9.17, 15) is 0 Å². The van der Waals surface area contributed by atoms with Gasteiger partial charge >= 0.3 is 0 Å². The van der Waals surface area contributed by atoms with Gasteiger partial charge in [-0.2, -0.15) is 0 Å². The molecule has 0 heterocycles. The van der Waals surface area contributed by atoms with Gasteiger partial charge in [0.25, 0.3) is 0 Å². The van der Waals surface area contributed by atoms with Crippen LogP contribution in [0.1, 0.15) is 12.5 Å². The van der Waals surface area contributed by atoms with Crippen molar-refractivity contribution in [1.29, 1.82) is 0 Å². The number of alkyl halides is 1. The van der Waals surface area contributed by atoms with Crippen molar-refractivity contribution in [3.8, 4) is 0 Å². The average Bonchev–Trinajstić information content (AvgIpc) is 1.93. The van der Waals surface area contributed by atoms with E-state index in [1.165, 1.54) is 10.8 Å². The predicted octanol–water partition coefficient (Wildman–Crippen LogP) is 0.847. The van der Waals surface area contributed by atoms with E-state index in [0.29, 0.717) is 0 Å².